The molecule has 96 valence electrons. The van der Waals surface area contributed by atoms with Gasteiger partial charge in [-0.3, -0.25) is 11.3 Å². The first-order valence-corrected chi connectivity index (χ1v) is 6.96. The smallest absolute Gasteiger partial charge is 0.0947 e. The summed E-state index contributed by atoms with van der Waals surface area (Å²) in [5, 5.41) is 1.14. The number of ether oxygens (including phenoxy) is 1. The molecule has 0 aliphatic carbocycles. The van der Waals surface area contributed by atoms with E-state index in [1.54, 1.807) is 11.3 Å². The van der Waals surface area contributed by atoms with Crippen LogP contribution >= 0.6 is 11.3 Å². The molecule has 1 saturated heterocycles. The average molecular weight is 255 g/mol. The number of hydrogen-bond acceptors (Lipinski definition) is 5. The SMILES string of the molecule is Cc1nc(CC(NN)C2CCC(C)O2)sc1C. The van der Waals surface area contributed by atoms with E-state index in [1.165, 1.54) is 4.88 Å². The first-order chi connectivity index (χ1) is 8.10. The molecule has 1 aliphatic heterocycles. The Morgan fingerprint density at radius 2 is 2.29 bits per heavy atom. The number of nitrogens with zero attached hydrogens (tertiary/aromatic N) is 1. The average Bonchev–Trinajstić information content (AvgIpc) is 2.83. The van der Waals surface area contributed by atoms with Crippen LogP contribution in [0, 0.1) is 13.8 Å². The molecule has 3 N–H and O–H groups in total. The fraction of sp³-hybridized carbons (Fsp3) is 0.750. The molecule has 0 bridgehead atoms. The number of rotatable bonds is 4. The summed E-state index contributed by atoms with van der Waals surface area (Å²) in [6, 6.07) is 0.171. The van der Waals surface area contributed by atoms with E-state index in [0.717, 1.165) is 30.0 Å². The molecule has 0 saturated carbocycles. The van der Waals surface area contributed by atoms with Gasteiger partial charge in [-0.1, -0.05) is 0 Å². The van der Waals surface area contributed by atoms with E-state index in [9.17, 15) is 0 Å². The topological polar surface area (TPSA) is 60.2 Å². The van der Waals surface area contributed by atoms with Crippen LogP contribution in [0.2, 0.25) is 0 Å². The maximum absolute atomic E-state index is 5.86. The van der Waals surface area contributed by atoms with Crippen LogP contribution in [0.3, 0.4) is 0 Å². The van der Waals surface area contributed by atoms with E-state index in [1.807, 2.05) is 6.92 Å². The van der Waals surface area contributed by atoms with Gasteiger partial charge in [0.1, 0.15) is 0 Å². The highest BCUT2D eigenvalue weighted by Gasteiger charge is 2.29. The Labute approximate surface area is 107 Å². The van der Waals surface area contributed by atoms with E-state index in [2.05, 4.69) is 24.3 Å². The number of nitrogens with two attached hydrogens (primary N) is 1. The Balaban J connectivity index is 1.99. The van der Waals surface area contributed by atoms with Crippen LogP contribution < -0.4 is 11.3 Å². The zero-order valence-corrected chi connectivity index (χ0v) is 11.5. The van der Waals surface area contributed by atoms with Crippen molar-refractivity contribution >= 4 is 11.3 Å². The predicted octanol–water partition coefficient (Wildman–Crippen LogP) is 1.70. The third kappa shape index (κ3) is 3.04. The van der Waals surface area contributed by atoms with Crippen LogP contribution in [0.1, 0.15) is 35.3 Å². The molecule has 0 spiro atoms. The second-order valence-electron chi connectivity index (χ2n) is 4.79. The van der Waals surface area contributed by atoms with Gasteiger partial charge in [0.2, 0.25) is 0 Å². The van der Waals surface area contributed by atoms with Crippen LogP contribution in [0.25, 0.3) is 0 Å². The van der Waals surface area contributed by atoms with Crippen molar-refractivity contribution in [3.63, 3.8) is 0 Å². The van der Waals surface area contributed by atoms with Crippen LogP contribution in [0.15, 0.2) is 0 Å². The molecule has 1 aromatic heterocycles. The summed E-state index contributed by atoms with van der Waals surface area (Å²) in [4.78, 5) is 5.84. The van der Waals surface area contributed by atoms with Gasteiger partial charge in [0.05, 0.1) is 29.0 Å². The minimum Gasteiger partial charge on any atom is -0.374 e. The number of aromatic nitrogens is 1. The second kappa shape index (κ2) is 5.44. The molecular formula is C12H21N3OS. The van der Waals surface area contributed by atoms with Crippen LogP contribution in [0.4, 0.5) is 0 Å². The maximum atomic E-state index is 5.86. The van der Waals surface area contributed by atoms with E-state index in [0.29, 0.717) is 6.10 Å². The van der Waals surface area contributed by atoms with Gasteiger partial charge in [-0.05, 0) is 33.6 Å². The van der Waals surface area contributed by atoms with Crippen molar-refractivity contribution in [1.29, 1.82) is 0 Å². The fourth-order valence-electron chi connectivity index (χ4n) is 2.24. The number of hydrazine groups is 1. The Hall–Kier alpha value is -0.490. The third-order valence-electron chi connectivity index (χ3n) is 3.40. The number of hydrogen-bond donors (Lipinski definition) is 2. The Bertz CT molecular complexity index is 360. The number of thiazole rings is 1. The lowest BCUT2D eigenvalue weighted by Crippen LogP contribution is -2.45. The molecule has 0 aromatic carbocycles. The Kier molecular flexibility index (Phi) is 4.14. The summed E-state index contributed by atoms with van der Waals surface area (Å²) in [6.07, 6.45) is 3.64. The van der Waals surface area contributed by atoms with Gasteiger partial charge in [0, 0.05) is 11.3 Å². The molecule has 2 heterocycles. The summed E-state index contributed by atoms with van der Waals surface area (Å²) in [5.41, 5.74) is 4.01. The first kappa shape index (κ1) is 13.0. The number of nitrogens with one attached hydrogen (secondary N) is 1. The normalized spacial score (nSPS) is 26.4. The molecule has 2 rings (SSSR count). The van der Waals surface area contributed by atoms with Gasteiger partial charge in [-0.25, -0.2) is 4.98 Å². The first-order valence-electron chi connectivity index (χ1n) is 6.14. The van der Waals surface area contributed by atoms with Crippen LogP contribution in [-0.4, -0.2) is 23.2 Å². The predicted molar refractivity (Wildman–Crippen MR) is 70.0 cm³/mol. The lowest BCUT2D eigenvalue weighted by Gasteiger charge is -2.21. The summed E-state index contributed by atoms with van der Waals surface area (Å²) in [5.74, 6) is 5.64. The standard InChI is InChI=1S/C12H21N3OS/c1-7-4-5-11(16-7)10(15-13)6-12-14-8(2)9(3)17-12/h7,10-11,15H,4-6,13H2,1-3H3. The van der Waals surface area contributed by atoms with E-state index >= 15 is 0 Å². The van der Waals surface area contributed by atoms with Crippen molar-refractivity contribution in [2.45, 2.75) is 58.3 Å². The van der Waals surface area contributed by atoms with Gasteiger partial charge in [-0.2, -0.15) is 0 Å². The van der Waals surface area contributed by atoms with E-state index in [4.69, 9.17) is 10.6 Å². The molecule has 1 fully saturated rings. The number of aryl methyl sites for hydroxylation is 2. The summed E-state index contributed by atoms with van der Waals surface area (Å²) in [6.45, 7) is 6.27. The van der Waals surface area contributed by atoms with Gasteiger partial charge in [-0.15, -0.1) is 11.3 Å². The lowest BCUT2D eigenvalue weighted by atomic mass is 10.1. The molecule has 3 atom stereocenters. The summed E-state index contributed by atoms with van der Waals surface area (Å²) in [7, 11) is 0. The van der Waals surface area contributed by atoms with E-state index in [-0.39, 0.29) is 12.1 Å². The molecule has 3 unspecified atom stereocenters. The van der Waals surface area contributed by atoms with Gasteiger partial charge >= 0.3 is 0 Å². The van der Waals surface area contributed by atoms with Crippen LogP contribution in [0.5, 0.6) is 0 Å². The molecule has 17 heavy (non-hydrogen) atoms. The summed E-state index contributed by atoms with van der Waals surface area (Å²) >= 11 is 1.76. The lowest BCUT2D eigenvalue weighted by molar-refractivity contribution is 0.0320. The van der Waals surface area contributed by atoms with Crippen molar-refractivity contribution in [2.24, 2.45) is 5.84 Å². The second-order valence-corrected chi connectivity index (χ2v) is 6.08. The highest BCUT2D eigenvalue weighted by Crippen LogP contribution is 2.25. The van der Waals surface area contributed by atoms with Crippen LogP contribution in [-0.2, 0) is 11.2 Å². The minimum atomic E-state index is 0.171. The van der Waals surface area contributed by atoms with E-state index < -0.39 is 0 Å². The molecule has 0 radical (unpaired) electrons. The molecule has 1 aromatic rings. The van der Waals surface area contributed by atoms with Gasteiger partial charge in [0.15, 0.2) is 0 Å². The largest absolute Gasteiger partial charge is 0.374 e. The van der Waals surface area contributed by atoms with Gasteiger partial charge in [0.25, 0.3) is 0 Å². The molecular weight excluding hydrogens is 234 g/mol. The van der Waals surface area contributed by atoms with Gasteiger partial charge < -0.3 is 4.74 Å². The fourth-order valence-corrected chi connectivity index (χ4v) is 3.23. The molecule has 1 aliphatic rings. The minimum absolute atomic E-state index is 0.171. The maximum Gasteiger partial charge on any atom is 0.0947 e. The highest BCUT2D eigenvalue weighted by atomic mass is 32.1. The van der Waals surface area contributed by atoms with Crippen molar-refractivity contribution in [1.82, 2.24) is 10.4 Å². The molecule has 5 heteroatoms. The monoisotopic (exact) mass is 255 g/mol. The zero-order chi connectivity index (χ0) is 12.4. The Morgan fingerprint density at radius 1 is 1.53 bits per heavy atom. The summed E-state index contributed by atoms with van der Waals surface area (Å²) < 4.78 is 5.86. The van der Waals surface area contributed by atoms with Crippen molar-refractivity contribution in [3.8, 4) is 0 Å². The van der Waals surface area contributed by atoms with Crippen molar-refractivity contribution in [2.75, 3.05) is 0 Å². The quantitative estimate of drug-likeness (QED) is 0.635. The van der Waals surface area contributed by atoms with Crippen molar-refractivity contribution < 1.29 is 4.74 Å². The zero-order valence-electron chi connectivity index (χ0n) is 10.7. The van der Waals surface area contributed by atoms with Crippen molar-refractivity contribution in [3.05, 3.63) is 15.6 Å². The molecule has 4 nitrogen and oxygen atoms in total. The third-order valence-corrected chi connectivity index (χ3v) is 4.49. The molecule has 0 amide bonds. The Morgan fingerprint density at radius 3 is 2.76 bits per heavy atom. The highest BCUT2D eigenvalue weighted by molar-refractivity contribution is 7.11.